The van der Waals surface area contributed by atoms with Gasteiger partial charge in [-0.05, 0) is 50.2 Å². The SMILES string of the molecule is CCOC(=O)c1ccc(NC(=O)COC(=O)c2ccccc2SCC(C)=O)cc1. The van der Waals surface area contributed by atoms with E-state index in [1.807, 2.05) is 0 Å². The fourth-order valence-corrected chi connectivity index (χ4v) is 3.09. The number of ether oxygens (including phenoxy) is 2. The molecule has 2 aromatic carbocycles. The maximum atomic E-state index is 12.3. The quantitative estimate of drug-likeness (QED) is 0.495. The Morgan fingerprint density at radius 1 is 0.931 bits per heavy atom. The van der Waals surface area contributed by atoms with Crippen LogP contribution in [-0.2, 0) is 19.1 Å². The number of hydrogen-bond acceptors (Lipinski definition) is 7. The summed E-state index contributed by atoms with van der Waals surface area (Å²) in [5.41, 5.74) is 1.12. The van der Waals surface area contributed by atoms with Crippen molar-refractivity contribution in [3.05, 3.63) is 59.7 Å². The maximum absolute atomic E-state index is 12.3. The predicted molar refractivity (Wildman–Crippen MR) is 109 cm³/mol. The van der Waals surface area contributed by atoms with E-state index in [4.69, 9.17) is 9.47 Å². The summed E-state index contributed by atoms with van der Waals surface area (Å²) in [5, 5.41) is 2.58. The molecular weight excluding hydrogens is 394 g/mol. The Morgan fingerprint density at radius 2 is 1.62 bits per heavy atom. The predicted octanol–water partition coefficient (Wildman–Crippen LogP) is 3.34. The molecule has 0 radical (unpaired) electrons. The summed E-state index contributed by atoms with van der Waals surface area (Å²) in [6.07, 6.45) is 0. The van der Waals surface area contributed by atoms with Crippen LogP contribution in [0, 0.1) is 0 Å². The average Bonchev–Trinajstić information content (AvgIpc) is 2.71. The third kappa shape index (κ3) is 7.08. The van der Waals surface area contributed by atoms with Gasteiger partial charge in [-0.2, -0.15) is 0 Å². The first-order valence-electron chi connectivity index (χ1n) is 8.86. The number of ketones is 1. The molecule has 7 nitrogen and oxygen atoms in total. The van der Waals surface area contributed by atoms with Crippen molar-refractivity contribution in [3.63, 3.8) is 0 Å². The molecule has 152 valence electrons. The number of rotatable bonds is 9. The van der Waals surface area contributed by atoms with E-state index in [0.717, 1.165) is 0 Å². The molecule has 29 heavy (non-hydrogen) atoms. The fraction of sp³-hybridized carbons (Fsp3) is 0.238. The molecule has 0 aliphatic carbocycles. The van der Waals surface area contributed by atoms with Crippen LogP contribution in [0.5, 0.6) is 0 Å². The van der Waals surface area contributed by atoms with E-state index in [2.05, 4.69) is 5.32 Å². The molecule has 0 saturated heterocycles. The largest absolute Gasteiger partial charge is 0.462 e. The van der Waals surface area contributed by atoms with E-state index in [1.165, 1.54) is 30.8 Å². The molecule has 0 heterocycles. The molecule has 2 rings (SSSR count). The summed E-state index contributed by atoms with van der Waals surface area (Å²) >= 11 is 1.24. The molecule has 0 spiro atoms. The average molecular weight is 415 g/mol. The first-order chi connectivity index (χ1) is 13.9. The summed E-state index contributed by atoms with van der Waals surface area (Å²) in [4.78, 5) is 47.7. The van der Waals surface area contributed by atoms with Crippen molar-refractivity contribution in [2.45, 2.75) is 18.7 Å². The van der Waals surface area contributed by atoms with Gasteiger partial charge in [0.05, 0.1) is 23.5 Å². The fourth-order valence-electron chi connectivity index (χ4n) is 2.25. The van der Waals surface area contributed by atoms with E-state index in [1.54, 1.807) is 43.3 Å². The van der Waals surface area contributed by atoms with Gasteiger partial charge in [0, 0.05) is 10.6 Å². The molecule has 0 unspecified atom stereocenters. The second kappa shape index (κ2) is 11.0. The van der Waals surface area contributed by atoms with Crippen LogP contribution in [0.25, 0.3) is 0 Å². The zero-order chi connectivity index (χ0) is 21.2. The Hall–Kier alpha value is -3.13. The molecule has 1 amide bonds. The van der Waals surface area contributed by atoms with Crippen LogP contribution in [0.2, 0.25) is 0 Å². The summed E-state index contributed by atoms with van der Waals surface area (Å²) in [6, 6.07) is 12.9. The Balaban J connectivity index is 1.90. The van der Waals surface area contributed by atoms with E-state index in [-0.39, 0.29) is 18.1 Å². The monoisotopic (exact) mass is 415 g/mol. The number of carbonyl (C=O) groups is 4. The smallest absolute Gasteiger partial charge is 0.339 e. The van der Waals surface area contributed by atoms with Crippen molar-refractivity contribution in [1.29, 1.82) is 0 Å². The van der Waals surface area contributed by atoms with Crippen LogP contribution in [0.4, 0.5) is 5.69 Å². The van der Waals surface area contributed by atoms with E-state index in [9.17, 15) is 19.2 Å². The van der Waals surface area contributed by atoms with Gasteiger partial charge in [-0.3, -0.25) is 9.59 Å². The summed E-state index contributed by atoms with van der Waals surface area (Å²) in [6.45, 7) is 3.00. The summed E-state index contributed by atoms with van der Waals surface area (Å²) in [7, 11) is 0. The van der Waals surface area contributed by atoms with Gasteiger partial charge in [0.2, 0.25) is 0 Å². The number of Topliss-reactive ketones (excluding diaryl/α,β-unsaturated/α-hetero) is 1. The number of hydrogen-bond donors (Lipinski definition) is 1. The summed E-state index contributed by atoms with van der Waals surface area (Å²) < 4.78 is 9.97. The lowest BCUT2D eigenvalue weighted by molar-refractivity contribution is -0.119. The van der Waals surface area contributed by atoms with Crippen LogP contribution in [0.3, 0.4) is 0 Å². The van der Waals surface area contributed by atoms with E-state index < -0.39 is 24.5 Å². The minimum absolute atomic E-state index is 0.00785. The van der Waals surface area contributed by atoms with Crippen LogP contribution in [0.15, 0.2) is 53.4 Å². The number of anilines is 1. The molecule has 0 fully saturated rings. The highest BCUT2D eigenvalue weighted by Crippen LogP contribution is 2.23. The number of benzene rings is 2. The molecule has 0 aliphatic heterocycles. The Morgan fingerprint density at radius 3 is 2.28 bits per heavy atom. The molecule has 8 heteroatoms. The maximum Gasteiger partial charge on any atom is 0.339 e. The molecular formula is C21H21NO6S. The summed E-state index contributed by atoms with van der Waals surface area (Å²) in [5.74, 6) is -1.38. The molecule has 1 N–H and O–H groups in total. The Labute approximate surface area is 172 Å². The number of thioether (sulfide) groups is 1. The second-order valence-electron chi connectivity index (χ2n) is 5.91. The molecule has 0 bridgehead atoms. The highest BCUT2D eigenvalue weighted by atomic mass is 32.2. The molecule has 0 atom stereocenters. The zero-order valence-corrected chi connectivity index (χ0v) is 16.9. The van der Waals surface area contributed by atoms with Gasteiger partial charge in [0.1, 0.15) is 5.78 Å². The van der Waals surface area contributed by atoms with Crippen molar-refractivity contribution < 1.29 is 28.7 Å². The highest BCUT2D eigenvalue weighted by Gasteiger charge is 2.15. The Kier molecular flexibility index (Phi) is 8.42. The van der Waals surface area contributed by atoms with E-state index >= 15 is 0 Å². The zero-order valence-electron chi connectivity index (χ0n) is 16.1. The lowest BCUT2D eigenvalue weighted by Gasteiger charge is -2.09. The van der Waals surface area contributed by atoms with Gasteiger partial charge in [0.25, 0.3) is 5.91 Å². The van der Waals surface area contributed by atoms with Gasteiger partial charge in [0.15, 0.2) is 6.61 Å². The minimum Gasteiger partial charge on any atom is -0.462 e. The van der Waals surface area contributed by atoms with Crippen molar-refractivity contribution in [2.24, 2.45) is 0 Å². The van der Waals surface area contributed by atoms with Crippen LogP contribution >= 0.6 is 11.8 Å². The van der Waals surface area contributed by atoms with Crippen molar-refractivity contribution in [2.75, 3.05) is 24.3 Å². The number of amides is 1. The van der Waals surface area contributed by atoms with Crippen molar-refractivity contribution in [1.82, 2.24) is 0 Å². The van der Waals surface area contributed by atoms with Gasteiger partial charge >= 0.3 is 11.9 Å². The first kappa shape index (κ1) is 22.2. The second-order valence-corrected chi connectivity index (χ2v) is 6.93. The standard InChI is InChI=1S/C21H21NO6S/c1-3-27-20(25)15-8-10-16(11-9-15)22-19(24)12-28-21(26)17-6-4-5-7-18(17)29-13-14(2)23/h4-11H,3,12-13H2,1-2H3,(H,22,24). The van der Waals surface area contributed by atoms with Crippen LogP contribution in [-0.4, -0.2) is 42.6 Å². The molecule has 2 aromatic rings. The normalized spacial score (nSPS) is 10.1. The van der Waals surface area contributed by atoms with Crippen molar-refractivity contribution in [3.8, 4) is 0 Å². The third-order valence-electron chi connectivity index (χ3n) is 3.55. The van der Waals surface area contributed by atoms with Gasteiger partial charge < -0.3 is 14.8 Å². The topological polar surface area (TPSA) is 98.8 Å². The lowest BCUT2D eigenvalue weighted by atomic mass is 10.2. The third-order valence-corrected chi connectivity index (χ3v) is 4.77. The van der Waals surface area contributed by atoms with E-state index in [0.29, 0.717) is 21.7 Å². The lowest BCUT2D eigenvalue weighted by Crippen LogP contribution is -2.21. The van der Waals surface area contributed by atoms with Gasteiger partial charge in [-0.1, -0.05) is 12.1 Å². The molecule has 0 saturated carbocycles. The first-order valence-corrected chi connectivity index (χ1v) is 9.84. The van der Waals surface area contributed by atoms with Gasteiger partial charge in [-0.15, -0.1) is 11.8 Å². The van der Waals surface area contributed by atoms with Crippen molar-refractivity contribution >= 4 is 41.1 Å². The molecule has 0 aromatic heterocycles. The Bertz CT molecular complexity index is 894. The number of esters is 2. The van der Waals surface area contributed by atoms with Gasteiger partial charge in [-0.25, -0.2) is 9.59 Å². The van der Waals surface area contributed by atoms with Crippen LogP contribution in [0.1, 0.15) is 34.6 Å². The molecule has 0 aliphatic rings. The number of carbonyl (C=O) groups excluding carboxylic acids is 4. The highest BCUT2D eigenvalue weighted by molar-refractivity contribution is 8.00. The number of nitrogens with one attached hydrogen (secondary N) is 1. The minimum atomic E-state index is -0.649. The van der Waals surface area contributed by atoms with Crippen LogP contribution < -0.4 is 5.32 Å².